The molecule has 0 fully saturated rings. The lowest BCUT2D eigenvalue weighted by molar-refractivity contribution is 0.0532. The molecule has 2 aromatic rings. The van der Waals surface area contributed by atoms with Gasteiger partial charge in [0.15, 0.2) is 0 Å². The van der Waals surface area contributed by atoms with Gasteiger partial charge in [0.2, 0.25) is 0 Å². The average Bonchev–Trinajstić information content (AvgIpc) is 2.96. The summed E-state index contributed by atoms with van der Waals surface area (Å²) in [4.78, 5) is 16.4. The van der Waals surface area contributed by atoms with Gasteiger partial charge in [-0.25, -0.2) is 9.78 Å². The molecule has 2 rings (SSSR count). The first kappa shape index (κ1) is 14.3. The van der Waals surface area contributed by atoms with Gasteiger partial charge in [0.1, 0.15) is 21.4 Å². The number of esters is 1. The van der Waals surface area contributed by atoms with Gasteiger partial charge in [-0.2, -0.15) is 0 Å². The van der Waals surface area contributed by atoms with Crippen LogP contribution in [-0.4, -0.2) is 31.8 Å². The first-order valence-corrected chi connectivity index (χ1v) is 6.86. The fourth-order valence-corrected chi connectivity index (χ4v) is 2.51. The van der Waals surface area contributed by atoms with Crippen molar-refractivity contribution in [2.75, 3.05) is 20.8 Å². The maximum atomic E-state index is 11.7. The molecule has 0 spiro atoms. The lowest BCUT2D eigenvalue weighted by Gasteiger charge is -2.08. The van der Waals surface area contributed by atoms with Gasteiger partial charge in [-0.15, -0.1) is 11.3 Å². The van der Waals surface area contributed by atoms with Crippen molar-refractivity contribution in [2.45, 2.75) is 6.92 Å². The van der Waals surface area contributed by atoms with E-state index in [0.29, 0.717) is 28.0 Å². The topological polar surface area (TPSA) is 57.7 Å². The second-order valence-corrected chi connectivity index (χ2v) is 4.85. The molecule has 1 aromatic heterocycles. The molecule has 0 saturated carbocycles. The second-order valence-electron chi connectivity index (χ2n) is 3.82. The molecule has 20 heavy (non-hydrogen) atoms. The highest BCUT2D eigenvalue weighted by molar-refractivity contribution is 7.16. The van der Waals surface area contributed by atoms with E-state index in [1.54, 1.807) is 27.2 Å². The van der Waals surface area contributed by atoms with E-state index in [-0.39, 0.29) is 5.97 Å². The van der Waals surface area contributed by atoms with Gasteiger partial charge in [-0.3, -0.25) is 0 Å². The summed E-state index contributed by atoms with van der Waals surface area (Å²) in [6, 6.07) is 5.44. The highest BCUT2D eigenvalue weighted by Gasteiger charge is 2.15. The van der Waals surface area contributed by atoms with Crippen LogP contribution in [-0.2, 0) is 4.74 Å². The van der Waals surface area contributed by atoms with Gasteiger partial charge in [0, 0.05) is 0 Å². The lowest BCUT2D eigenvalue weighted by Crippen LogP contribution is -2.01. The summed E-state index contributed by atoms with van der Waals surface area (Å²) in [5, 5.41) is 0.684. The van der Waals surface area contributed by atoms with Crippen LogP contribution in [0, 0.1) is 0 Å². The second kappa shape index (κ2) is 6.38. The van der Waals surface area contributed by atoms with Crippen LogP contribution in [0.3, 0.4) is 0 Å². The summed E-state index contributed by atoms with van der Waals surface area (Å²) in [5.74, 6) is 1.02. The van der Waals surface area contributed by atoms with Crippen LogP contribution in [0.5, 0.6) is 11.5 Å². The number of rotatable bonds is 5. The Kier molecular flexibility index (Phi) is 4.57. The highest BCUT2D eigenvalue weighted by Crippen LogP contribution is 2.35. The van der Waals surface area contributed by atoms with E-state index in [1.807, 2.05) is 12.1 Å². The first-order chi connectivity index (χ1) is 9.69. The van der Waals surface area contributed by atoms with Crippen molar-refractivity contribution < 1.29 is 19.0 Å². The van der Waals surface area contributed by atoms with Gasteiger partial charge in [0.25, 0.3) is 0 Å². The van der Waals surface area contributed by atoms with E-state index >= 15 is 0 Å². The number of benzene rings is 1. The molecule has 0 bridgehead atoms. The quantitative estimate of drug-likeness (QED) is 0.793. The fraction of sp³-hybridized carbons (Fsp3) is 0.286. The van der Waals surface area contributed by atoms with Gasteiger partial charge >= 0.3 is 5.97 Å². The maximum Gasteiger partial charge on any atom is 0.349 e. The molecular formula is C14H15NO4S. The zero-order valence-corrected chi connectivity index (χ0v) is 12.3. The summed E-state index contributed by atoms with van der Waals surface area (Å²) < 4.78 is 15.5. The molecule has 106 valence electrons. The Balaban J connectivity index is 2.38. The number of hydrogen-bond acceptors (Lipinski definition) is 6. The Morgan fingerprint density at radius 1 is 1.30 bits per heavy atom. The Bertz CT molecular complexity index is 609. The smallest absolute Gasteiger partial charge is 0.349 e. The third-order valence-corrected chi connectivity index (χ3v) is 3.63. The molecule has 0 aliphatic heterocycles. The minimum Gasteiger partial charge on any atom is -0.497 e. The van der Waals surface area contributed by atoms with Crippen LogP contribution < -0.4 is 9.47 Å². The monoisotopic (exact) mass is 293 g/mol. The molecule has 0 N–H and O–H groups in total. The number of thiazole rings is 1. The van der Waals surface area contributed by atoms with Crippen molar-refractivity contribution in [1.82, 2.24) is 4.98 Å². The SMILES string of the molecule is CCOC(=O)c1cnc(-c2cc(OC)ccc2OC)s1. The van der Waals surface area contributed by atoms with Crippen LogP contribution in [0.2, 0.25) is 0 Å². The van der Waals surface area contributed by atoms with E-state index in [0.717, 1.165) is 5.56 Å². The van der Waals surface area contributed by atoms with Crippen molar-refractivity contribution in [1.29, 1.82) is 0 Å². The lowest BCUT2D eigenvalue weighted by atomic mass is 10.2. The standard InChI is InChI=1S/C14H15NO4S/c1-4-19-14(16)12-8-15-13(20-12)10-7-9(17-2)5-6-11(10)18-3/h5-8H,4H2,1-3H3. The number of nitrogens with zero attached hydrogens (tertiary/aromatic N) is 1. The predicted octanol–water partition coefficient (Wildman–Crippen LogP) is 3.00. The summed E-state index contributed by atoms with van der Waals surface area (Å²) in [6.07, 6.45) is 1.51. The normalized spacial score (nSPS) is 10.2. The van der Waals surface area contributed by atoms with Gasteiger partial charge < -0.3 is 14.2 Å². The van der Waals surface area contributed by atoms with Crippen LogP contribution in [0.4, 0.5) is 0 Å². The summed E-state index contributed by atoms with van der Waals surface area (Å²) in [7, 11) is 3.18. The molecule has 0 atom stereocenters. The maximum absolute atomic E-state index is 11.7. The molecule has 0 unspecified atom stereocenters. The Labute approximate surface area is 121 Å². The Morgan fingerprint density at radius 2 is 2.10 bits per heavy atom. The largest absolute Gasteiger partial charge is 0.497 e. The third kappa shape index (κ3) is 2.91. The van der Waals surface area contributed by atoms with Crippen LogP contribution in [0.15, 0.2) is 24.4 Å². The molecule has 0 aliphatic rings. The fourth-order valence-electron chi connectivity index (χ4n) is 1.68. The Hall–Kier alpha value is -2.08. The molecule has 1 aromatic carbocycles. The van der Waals surface area contributed by atoms with E-state index in [2.05, 4.69) is 4.98 Å². The number of carbonyl (C=O) groups is 1. The van der Waals surface area contributed by atoms with Crippen molar-refractivity contribution in [3.8, 4) is 22.1 Å². The average molecular weight is 293 g/mol. The molecule has 0 saturated heterocycles. The molecule has 5 nitrogen and oxygen atoms in total. The summed E-state index contributed by atoms with van der Waals surface area (Å²) in [5.41, 5.74) is 0.785. The minimum atomic E-state index is -0.363. The number of methoxy groups -OCH3 is 2. The van der Waals surface area contributed by atoms with E-state index in [4.69, 9.17) is 14.2 Å². The van der Waals surface area contributed by atoms with Crippen LogP contribution in [0.25, 0.3) is 10.6 Å². The van der Waals surface area contributed by atoms with Crippen molar-refractivity contribution >= 4 is 17.3 Å². The van der Waals surface area contributed by atoms with E-state index in [1.165, 1.54) is 17.5 Å². The van der Waals surface area contributed by atoms with Gasteiger partial charge in [0.05, 0.1) is 32.6 Å². The number of hydrogen-bond donors (Lipinski definition) is 0. The molecule has 6 heteroatoms. The van der Waals surface area contributed by atoms with Crippen molar-refractivity contribution in [3.63, 3.8) is 0 Å². The van der Waals surface area contributed by atoms with Crippen molar-refractivity contribution in [2.24, 2.45) is 0 Å². The molecule has 0 aliphatic carbocycles. The number of ether oxygens (including phenoxy) is 3. The Morgan fingerprint density at radius 3 is 2.75 bits per heavy atom. The highest BCUT2D eigenvalue weighted by atomic mass is 32.1. The number of carbonyl (C=O) groups excluding carboxylic acids is 1. The zero-order valence-electron chi connectivity index (χ0n) is 11.5. The molecule has 1 heterocycles. The molecule has 0 radical (unpaired) electrons. The van der Waals surface area contributed by atoms with E-state index in [9.17, 15) is 4.79 Å². The van der Waals surface area contributed by atoms with Gasteiger partial charge in [-0.1, -0.05) is 0 Å². The van der Waals surface area contributed by atoms with Crippen LogP contribution in [0.1, 0.15) is 16.6 Å². The zero-order chi connectivity index (χ0) is 14.5. The summed E-state index contributed by atoms with van der Waals surface area (Å²) >= 11 is 1.26. The number of aromatic nitrogens is 1. The third-order valence-electron chi connectivity index (χ3n) is 2.62. The molecular weight excluding hydrogens is 278 g/mol. The van der Waals surface area contributed by atoms with Gasteiger partial charge in [-0.05, 0) is 25.1 Å². The first-order valence-electron chi connectivity index (χ1n) is 6.05. The molecule has 0 amide bonds. The van der Waals surface area contributed by atoms with E-state index < -0.39 is 0 Å². The van der Waals surface area contributed by atoms with Crippen molar-refractivity contribution in [3.05, 3.63) is 29.3 Å². The summed E-state index contributed by atoms with van der Waals surface area (Å²) in [6.45, 7) is 2.11. The predicted molar refractivity (Wildman–Crippen MR) is 76.6 cm³/mol. The minimum absolute atomic E-state index is 0.342. The van der Waals surface area contributed by atoms with Crippen LogP contribution >= 0.6 is 11.3 Å².